The predicted molar refractivity (Wildman–Crippen MR) is 76.3 cm³/mol. The van der Waals surface area contributed by atoms with Crippen molar-refractivity contribution < 1.29 is 0 Å². The Balaban J connectivity index is 2.54. The van der Waals surface area contributed by atoms with Crippen LogP contribution >= 0.6 is 23.2 Å². The zero-order valence-corrected chi connectivity index (χ0v) is 12.1. The van der Waals surface area contributed by atoms with Crippen LogP contribution in [0, 0.1) is 13.8 Å². The minimum Gasteiger partial charge on any atom is -0.233 e. The van der Waals surface area contributed by atoms with E-state index in [4.69, 9.17) is 23.2 Å². The van der Waals surface area contributed by atoms with Gasteiger partial charge in [-0.1, -0.05) is 42.3 Å². The molecule has 0 spiro atoms. The maximum atomic E-state index is 6.17. The molecule has 0 amide bonds. The number of benzene rings is 1. The molecule has 0 saturated carbocycles. The van der Waals surface area contributed by atoms with E-state index in [1.807, 2.05) is 39.0 Å². The van der Waals surface area contributed by atoms with Gasteiger partial charge in [-0.15, -0.1) is 0 Å². The Morgan fingerprint density at radius 2 is 1.83 bits per heavy atom. The molecule has 2 nitrogen and oxygen atoms in total. The SMILES string of the molecule is CCc1c(C)nc(-c2ccc(C)c(Cl)c2)nc1Cl. The molecule has 0 aliphatic rings. The van der Waals surface area contributed by atoms with Gasteiger partial charge in [0.05, 0.1) is 0 Å². The fraction of sp³-hybridized carbons (Fsp3) is 0.286. The Morgan fingerprint density at radius 3 is 2.39 bits per heavy atom. The molecule has 0 bridgehead atoms. The maximum Gasteiger partial charge on any atom is 0.161 e. The summed E-state index contributed by atoms with van der Waals surface area (Å²) in [6.45, 7) is 5.96. The highest BCUT2D eigenvalue weighted by molar-refractivity contribution is 6.31. The number of nitrogens with zero attached hydrogens (tertiary/aromatic N) is 2. The van der Waals surface area contributed by atoms with Crippen LogP contribution < -0.4 is 0 Å². The van der Waals surface area contributed by atoms with E-state index in [0.717, 1.165) is 28.8 Å². The van der Waals surface area contributed by atoms with Crippen LogP contribution in [0.3, 0.4) is 0 Å². The fourth-order valence-electron chi connectivity index (χ4n) is 1.82. The van der Waals surface area contributed by atoms with Crippen LogP contribution in [0.25, 0.3) is 11.4 Å². The van der Waals surface area contributed by atoms with Crippen LogP contribution in [-0.4, -0.2) is 9.97 Å². The summed E-state index contributed by atoms with van der Waals surface area (Å²) < 4.78 is 0. The van der Waals surface area contributed by atoms with E-state index in [1.165, 1.54) is 0 Å². The Morgan fingerprint density at radius 1 is 1.11 bits per heavy atom. The lowest BCUT2D eigenvalue weighted by atomic mass is 10.1. The Labute approximate surface area is 117 Å². The van der Waals surface area contributed by atoms with Crippen LogP contribution in [0.15, 0.2) is 18.2 Å². The fourth-order valence-corrected chi connectivity index (χ4v) is 2.35. The summed E-state index contributed by atoms with van der Waals surface area (Å²) >= 11 is 12.3. The quantitative estimate of drug-likeness (QED) is 0.750. The molecule has 2 aromatic rings. The molecule has 18 heavy (non-hydrogen) atoms. The van der Waals surface area contributed by atoms with Crippen molar-refractivity contribution in [1.29, 1.82) is 0 Å². The zero-order chi connectivity index (χ0) is 13.3. The molecule has 1 aromatic carbocycles. The molecule has 94 valence electrons. The van der Waals surface area contributed by atoms with Gasteiger partial charge in [-0.05, 0) is 31.9 Å². The minimum atomic E-state index is 0.525. The van der Waals surface area contributed by atoms with Crippen LogP contribution in [0.4, 0.5) is 0 Å². The van der Waals surface area contributed by atoms with E-state index in [9.17, 15) is 0 Å². The van der Waals surface area contributed by atoms with Crippen molar-refractivity contribution in [3.8, 4) is 11.4 Å². The summed E-state index contributed by atoms with van der Waals surface area (Å²) in [4.78, 5) is 8.83. The Bertz CT molecular complexity index is 571. The van der Waals surface area contributed by atoms with Crippen molar-refractivity contribution in [2.45, 2.75) is 27.2 Å². The smallest absolute Gasteiger partial charge is 0.161 e. The standard InChI is InChI=1S/C14H14Cl2N2/c1-4-11-9(3)17-14(18-13(11)16)10-6-5-8(2)12(15)7-10/h5-7H,4H2,1-3H3. The predicted octanol–water partition coefficient (Wildman–Crippen LogP) is 4.63. The normalized spacial score (nSPS) is 10.7. The van der Waals surface area contributed by atoms with Crippen molar-refractivity contribution in [3.05, 3.63) is 45.2 Å². The molecule has 2 rings (SSSR count). The van der Waals surface area contributed by atoms with E-state index in [1.54, 1.807) is 0 Å². The monoisotopic (exact) mass is 280 g/mol. The number of aryl methyl sites for hydroxylation is 2. The van der Waals surface area contributed by atoms with Crippen molar-refractivity contribution in [2.24, 2.45) is 0 Å². The summed E-state index contributed by atoms with van der Waals surface area (Å²) in [5, 5.41) is 1.24. The lowest BCUT2D eigenvalue weighted by Gasteiger charge is -2.08. The highest BCUT2D eigenvalue weighted by Crippen LogP contribution is 2.26. The molecule has 0 fully saturated rings. The molecule has 0 N–H and O–H groups in total. The van der Waals surface area contributed by atoms with Crippen molar-refractivity contribution in [3.63, 3.8) is 0 Å². The lowest BCUT2D eigenvalue weighted by molar-refractivity contribution is 1.00. The van der Waals surface area contributed by atoms with Gasteiger partial charge in [-0.2, -0.15) is 0 Å². The molecule has 0 atom stereocenters. The summed E-state index contributed by atoms with van der Waals surface area (Å²) in [6.07, 6.45) is 0.833. The van der Waals surface area contributed by atoms with Crippen molar-refractivity contribution >= 4 is 23.2 Å². The van der Waals surface area contributed by atoms with Gasteiger partial charge in [0.1, 0.15) is 5.15 Å². The van der Waals surface area contributed by atoms with Crippen LogP contribution in [0.5, 0.6) is 0 Å². The summed E-state index contributed by atoms with van der Waals surface area (Å²) in [5.74, 6) is 0.622. The first kappa shape index (κ1) is 13.3. The summed E-state index contributed by atoms with van der Waals surface area (Å²) in [6, 6.07) is 5.78. The molecule has 1 heterocycles. The topological polar surface area (TPSA) is 25.8 Å². The third-order valence-corrected chi connectivity index (χ3v) is 3.67. The first-order valence-corrected chi connectivity index (χ1v) is 6.58. The molecule has 0 aliphatic heterocycles. The molecule has 0 unspecified atom stereocenters. The summed E-state index contributed by atoms with van der Waals surface area (Å²) in [5.41, 5.74) is 3.84. The Kier molecular flexibility index (Phi) is 3.88. The van der Waals surface area contributed by atoms with Crippen molar-refractivity contribution in [2.75, 3.05) is 0 Å². The van der Waals surface area contributed by atoms with Gasteiger partial charge in [-0.3, -0.25) is 0 Å². The van der Waals surface area contributed by atoms with Crippen LogP contribution in [0.1, 0.15) is 23.7 Å². The second-order valence-electron chi connectivity index (χ2n) is 4.22. The Hall–Kier alpha value is -1.12. The van der Waals surface area contributed by atoms with Gasteiger partial charge >= 0.3 is 0 Å². The van der Waals surface area contributed by atoms with Gasteiger partial charge < -0.3 is 0 Å². The number of rotatable bonds is 2. The zero-order valence-electron chi connectivity index (χ0n) is 10.6. The van der Waals surface area contributed by atoms with Crippen LogP contribution in [-0.2, 0) is 6.42 Å². The lowest BCUT2D eigenvalue weighted by Crippen LogP contribution is -1.99. The average Bonchev–Trinajstić information content (AvgIpc) is 2.32. The molecular formula is C14H14Cl2N2. The third-order valence-electron chi connectivity index (χ3n) is 2.95. The first-order valence-electron chi connectivity index (χ1n) is 5.82. The number of hydrogen-bond acceptors (Lipinski definition) is 2. The third kappa shape index (κ3) is 2.50. The van der Waals surface area contributed by atoms with E-state index < -0.39 is 0 Å². The minimum absolute atomic E-state index is 0.525. The number of hydrogen-bond donors (Lipinski definition) is 0. The van der Waals surface area contributed by atoms with E-state index >= 15 is 0 Å². The van der Waals surface area contributed by atoms with Gasteiger partial charge in [0.2, 0.25) is 0 Å². The molecule has 0 radical (unpaired) electrons. The van der Waals surface area contributed by atoms with Gasteiger partial charge in [0, 0.05) is 21.8 Å². The first-order chi connectivity index (χ1) is 8.52. The highest BCUT2D eigenvalue weighted by atomic mass is 35.5. The van der Waals surface area contributed by atoms with Crippen molar-refractivity contribution in [1.82, 2.24) is 9.97 Å². The second kappa shape index (κ2) is 5.25. The van der Waals surface area contributed by atoms with E-state index in [2.05, 4.69) is 9.97 Å². The van der Waals surface area contributed by atoms with E-state index in [-0.39, 0.29) is 0 Å². The maximum absolute atomic E-state index is 6.17. The molecule has 0 saturated heterocycles. The molecular weight excluding hydrogens is 267 g/mol. The molecule has 0 aliphatic carbocycles. The highest BCUT2D eigenvalue weighted by Gasteiger charge is 2.10. The van der Waals surface area contributed by atoms with Gasteiger partial charge in [0.15, 0.2) is 5.82 Å². The molecule has 1 aromatic heterocycles. The number of halogens is 2. The average molecular weight is 281 g/mol. The van der Waals surface area contributed by atoms with Gasteiger partial charge in [0.25, 0.3) is 0 Å². The largest absolute Gasteiger partial charge is 0.233 e. The van der Waals surface area contributed by atoms with Gasteiger partial charge in [-0.25, -0.2) is 9.97 Å². The second-order valence-corrected chi connectivity index (χ2v) is 4.98. The molecule has 4 heteroatoms. The van der Waals surface area contributed by atoms with E-state index in [0.29, 0.717) is 16.0 Å². The van der Waals surface area contributed by atoms with Crippen LogP contribution in [0.2, 0.25) is 10.2 Å². The summed E-state index contributed by atoms with van der Waals surface area (Å²) in [7, 11) is 0. The number of aromatic nitrogens is 2.